The fourth-order valence-corrected chi connectivity index (χ4v) is 1.63. The summed E-state index contributed by atoms with van der Waals surface area (Å²) in [5.74, 6) is -5.06. The van der Waals surface area contributed by atoms with Crippen molar-refractivity contribution in [3.63, 3.8) is 0 Å². The van der Waals surface area contributed by atoms with Crippen molar-refractivity contribution >= 4 is 18.4 Å². The van der Waals surface area contributed by atoms with Gasteiger partial charge in [0.05, 0.1) is 20.8 Å². The summed E-state index contributed by atoms with van der Waals surface area (Å²) in [4.78, 5) is 11.3. The summed E-state index contributed by atoms with van der Waals surface area (Å²) < 4.78 is 42.2. The second kappa shape index (κ2) is 7.99. The van der Waals surface area contributed by atoms with Crippen LogP contribution in [0.15, 0.2) is 18.2 Å². The van der Waals surface area contributed by atoms with Crippen LogP contribution in [0.1, 0.15) is 18.5 Å². The van der Waals surface area contributed by atoms with Gasteiger partial charge in [-0.05, 0) is 25.1 Å². The molecule has 8 heteroatoms. The Kier molecular flexibility index (Phi) is 7.38. The Hall–Kier alpha value is -1.60. The molecule has 0 amide bonds. The molecule has 0 saturated carbocycles. The van der Waals surface area contributed by atoms with Crippen LogP contribution < -0.4 is 15.2 Å². The molecule has 0 heterocycles. The van der Waals surface area contributed by atoms with E-state index in [4.69, 9.17) is 15.2 Å². The molecular formula is C13H18ClF2NO4. The van der Waals surface area contributed by atoms with Gasteiger partial charge in [0, 0.05) is 5.56 Å². The molecule has 2 N–H and O–H groups in total. The summed E-state index contributed by atoms with van der Waals surface area (Å²) in [6, 6.07) is 2.38. The molecule has 21 heavy (non-hydrogen) atoms. The zero-order valence-electron chi connectivity index (χ0n) is 11.9. The van der Waals surface area contributed by atoms with Crippen molar-refractivity contribution in [2.75, 3.05) is 20.8 Å². The highest BCUT2D eigenvalue weighted by Crippen LogP contribution is 2.37. The van der Waals surface area contributed by atoms with E-state index in [-0.39, 0.29) is 30.3 Å². The van der Waals surface area contributed by atoms with E-state index in [9.17, 15) is 13.6 Å². The lowest BCUT2D eigenvalue weighted by Crippen LogP contribution is -2.41. The van der Waals surface area contributed by atoms with E-state index in [1.807, 2.05) is 0 Å². The zero-order chi connectivity index (χ0) is 15.3. The molecule has 0 radical (unpaired) electrons. The Morgan fingerprint density at radius 2 is 1.95 bits per heavy atom. The van der Waals surface area contributed by atoms with E-state index in [1.165, 1.54) is 39.3 Å². The van der Waals surface area contributed by atoms with Crippen LogP contribution in [-0.2, 0) is 9.53 Å². The minimum Gasteiger partial charge on any atom is -0.497 e. The van der Waals surface area contributed by atoms with Gasteiger partial charge < -0.3 is 19.9 Å². The third kappa shape index (κ3) is 4.18. The molecule has 0 fully saturated rings. The standard InChI is InChI=1S/C13H17F2NO4.ClH/c1-4-20-12(17)13(14,15)11(16)9-7-8(18-2)5-6-10(9)19-3;/h5-7,11H,4,16H2,1-3H3;1H/t11-;/m1./s1. The van der Waals surface area contributed by atoms with Crippen LogP contribution in [0, 0.1) is 0 Å². The van der Waals surface area contributed by atoms with Gasteiger partial charge in [0.15, 0.2) is 0 Å². The maximum absolute atomic E-state index is 13.9. The number of rotatable bonds is 6. The van der Waals surface area contributed by atoms with Gasteiger partial charge in [0.2, 0.25) is 0 Å². The number of nitrogens with two attached hydrogens (primary N) is 1. The first-order valence-electron chi connectivity index (χ1n) is 5.91. The summed E-state index contributed by atoms with van der Waals surface area (Å²) in [5, 5.41) is 0. The second-order valence-corrected chi connectivity index (χ2v) is 3.93. The van der Waals surface area contributed by atoms with Crippen molar-refractivity contribution in [3.05, 3.63) is 23.8 Å². The minimum atomic E-state index is -3.87. The first-order valence-corrected chi connectivity index (χ1v) is 5.91. The number of benzene rings is 1. The van der Waals surface area contributed by atoms with E-state index in [0.717, 1.165) is 0 Å². The Morgan fingerprint density at radius 3 is 2.43 bits per heavy atom. The van der Waals surface area contributed by atoms with Crippen molar-refractivity contribution in [2.24, 2.45) is 5.73 Å². The van der Waals surface area contributed by atoms with Gasteiger partial charge in [-0.25, -0.2) is 4.79 Å². The molecule has 120 valence electrons. The molecule has 5 nitrogen and oxygen atoms in total. The number of hydrogen-bond acceptors (Lipinski definition) is 5. The van der Waals surface area contributed by atoms with Gasteiger partial charge >= 0.3 is 11.9 Å². The lowest BCUT2D eigenvalue weighted by Gasteiger charge is -2.23. The molecule has 0 unspecified atom stereocenters. The van der Waals surface area contributed by atoms with Crippen LogP contribution in [0.4, 0.5) is 8.78 Å². The first-order chi connectivity index (χ1) is 9.38. The highest BCUT2D eigenvalue weighted by molar-refractivity contribution is 5.85. The molecule has 0 aliphatic rings. The fraction of sp³-hybridized carbons (Fsp3) is 0.462. The first kappa shape index (κ1) is 19.4. The monoisotopic (exact) mass is 325 g/mol. The maximum atomic E-state index is 13.9. The lowest BCUT2D eigenvalue weighted by atomic mass is 10.00. The van der Waals surface area contributed by atoms with E-state index >= 15 is 0 Å². The number of methoxy groups -OCH3 is 2. The van der Waals surface area contributed by atoms with Crippen molar-refractivity contribution < 1.29 is 27.8 Å². The molecule has 1 aromatic rings. The normalized spacial score (nSPS) is 12.1. The van der Waals surface area contributed by atoms with Gasteiger partial charge in [-0.3, -0.25) is 0 Å². The fourth-order valence-electron chi connectivity index (χ4n) is 1.63. The van der Waals surface area contributed by atoms with Crippen molar-refractivity contribution in [1.82, 2.24) is 0 Å². The van der Waals surface area contributed by atoms with E-state index in [1.54, 1.807) is 0 Å². The lowest BCUT2D eigenvalue weighted by molar-refractivity contribution is -0.174. The Balaban J connectivity index is 0.00000400. The SMILES string of the molecule is CCOC(=O)C(F)(F)[C@H](N)c1cc(OC)ccc1OC.Cl. The number of esters is 1. The molecule has 0 bridgehead atoms. The minimum absolute atomic E-state index is 0. The quantitative estimate of drug-likeness (QED) is 0.813. The average Bonchev–Trinajstić information content (AvgIpc) is 2.45. The Labute approximate surface area is 127 Å². The number of carbonyl (C=O) groups excluding carboxylic acids is 1. The summed E-state index contributed by atoms with van der Waals surface area (Å²) in [5.41, 5.74) is 5.48. The average molecular weight is 326 g/mol. The molecular weight excluding hydrogens is 308 g/mol. The van der Waals surface area contributed by atoms with Crippen molar-refractivity contribution in [1.29, 1.82) is 0 Å². The largest absolute Gasteiger partial charge is 0.497 e. The molecule has 1 atom stereocenters. The number of halogens is 3. The van der Waals surface area contributed by atoms with E-state index < -0.39 is 17.9 Å². The zero-order valence-corrected chi connectivity index (χ0v) is 12.7. The van der Waals surface area contributed by atoms with Gasteiger partial charge in [-0.2, -0.15) is 8.78 Å². The molecule has 1 rings (SSSR count). The van der Waals surface area contributed by atoms with Crippen LogP contribution in [0.5, 0.6) is 11.5 Å². The predicted octanol–water partition coefficient (Wildman–Crippen LogP) is 2.32. The second-order valence-electron chi connectivity index (χ2n) is 3.93. The molecule has 1 aromatic carbocycles. The summed E-state index contributed by atoms with van der Waals surface area (Å²) in [7, 11) is 2.71. The molecule has 0 aromatic heterocycles. The number of hydrogen-bond donors (Lipinski definition) is 1. The van der Waals surface area contributed by atoms with Crippen molar-refractivity contribution in [2.45, 2.75) is 18.9 Å². The topological polar surface area (TPSA) is 70.8 Å². The van der Waals surface area contributed by atoms with Crippen molar-refractivity contribution in [3.8, 4) is 11.5 Å². The van der Waals surface area contributed by atoms with Crippen LogP contribution in [0.3, 0.4) is 0 Å². The van der Waals surface area contributed by atoms with Crippen LogP contribution >= 0.6 is 12.4 Å². The summed E-state index contributed by atoms with van der Waals surface area (Å²) in [6.45, 7) is 1.28. The molecule has 0 aliphatic carbocycles. The van der Waals surface area contributed by atoms with Crippen LogP contribution in [-0.4, -0.2) is 32.7 Å². The van der Waals surface area contributed by atoms with E-state index in [2.05, 4.69) is 4.74 Å². The molecule has 0 spiro atoms. The van der Waals surface area contributed by atoms with E-state index in [0.29, 0.717) is 5.75 Å². The third-order valence-electron chi connectivity index (χ3n) is 2.71. The van der Waals surface area contributed by atoms with Gasteiger partial charge in [-0.1, -0.05) is 0 Å². The number of carbonyl (C=O) groups is 1. The smallest absolute Gasteiger partial charge is 0.379 e. The maximum Gasteiger partial charge on any atom is 0.379 e. The van der Waals surface area contributed by atoms with Crippen LogP contribution in [0.25, 0.3) is 0 Å². The van der Waals surface area contributed by atoms with Crippen LogP contribution in [0.2, 0.25) is 0 Å². The van der Waals surface area contributed by atoms with Gasteiger partial charge in [0.25, 0.3) is 0 Å². The van der Waals surface area contributed by atoms with Gasteiger partial charge in [0.1, 0.15) is 17.5 Å². The van der Waals surface area contributed by atoms with Gasteiger partial charge in [-0.15, -0.1) is 12.4 Å². The molecule has 0 aliphatic heterocycles. The third-order valence-corrected chi connectivity index (χ3v) is 2.71. The highest BCUT2D eigenvalue weighted by atomic mass is 35.5. The number of ether oxygens (including phenoxy) is 3. The number of alkyl halides is 2. The summed E-state index contributed by atoms with van der Waals surface area (Å²) >= 11 is 0. The predicted molar refractivity (Wildman–Crippen MR) is 75.3 cm³/mol. The molecule has 0 saturated heterocycles. The Bertz CT molecular complexity index is 485. The highest BCUT2D eigenvalue weighted by Gasteiger charge is 2.48. The summed E-state index contributed by atoms with van der Waals surface area (Å²) in [6.07, 6.45) is 0. The Morgan fingerprint density at radius 1 is 1.33 bits per heavy atom.